The summed E-state index contributed by atoms with van der Waals surface area (Å²) in [5.74, 6) is 0. The van der Waals surface area contributed by atoms with E-state index in [1.165, 1.54) is 11.1 Å². The van der Waals surface area contributed by atoms with E-state index < -0.39 is 0 Å². The minimum absolute atomic E-state index is 0.299. The predicted molar refractivity (Wildman–Crippen MR) is 73.5 cm³/mol. The molecule has 1 aromatic rings. The summed E-state index contributed by atoms with van der Waals surface area (Å²) in [6.45, 7) is 7.09. The van der Waals surface area contributed by atoms with Crippen LogP contribution in [0.5, 0.6) is 0 Å². The van der Waals surface area contributed by atoms with E-state index in [1.807, 2.05) is 7.05 Å². The molecule has 0 aliphatic carbocycles. The van der Waals surface area contributed by atoms with Crippen LogP contribution in [0.4, 0.5) is 0 Å². The van der Waals surface area contributed by atoms with E-state index in [2.05, 4.69) is 50.4 Å². The number of aryl methyl sites for hydroxylation is 1. The van der Waals surface area contributed by atoms with Crippen LogP contribution < -0.4 is 5.32 Å². The fourth-order valence-corrected chi connectivity index (χ4v) is 1.75. The zero-order valence-corrected chi connectivity index (χ0v) is 11.5. The first-order valence-electron chi connectivity index (χ1n) is 6.52. The van der Waals surface area contributed by atoms with Gasteiger partial charge in [0.2, 0.25) is 0 Å². The van der Waals surface area contributed by atoms with Crippen molar-refractivity contribution in [2.45, 2.75) is 45.8 Å². The van der Waals surface area contributed by atoms with Gasteiger partial charge in [0.15, 0.2) is 0 Å². The lowest BCUT2D eigenvalue weighted by atomic mass is 10.0. The van der Waals surface area contributed by atoms with E-state index >= 15 is 0 Å². The summed E-state index contributed by atoms with van der Waals surface area (Å²) in [6.07, 6.45) is 2.42. The minimum atomic E-state index is 0.299. The van der Waals surface area contributed by atoms with Gasteiger partial charge in [0.1, 0.15) is 0 Å². The molecule has 2 heteroatoms. The average molecular weight is 235 g/mol. The summed E-state index contributed by atoms with van der Waals surface area (Å²) in [4.78, 5) is 0. The molecular formula is C15H25NO. The Balaban J connectivity index is 2.48. The first kappa shape index (κ1) is 14.2. The number of likely N-dealkylation sites (N-methyl/N-ethyl adjacent to an activating group) is 1. The van der Waals surface area contributed by atoms with Crippen molar-refractivity contribution in [1.82, 2.24) is 5.32 Å². The lowest BCUT2D eigenvalue weighted by Crippen LogP contribution is -2.33. The summed E-state index contributed by atoms with van der Waals surface area (Å²) < 4.78 is 5.65. The summed E-state index contributed by atoms with van der Waals surface area (Å²) in [6, 6.07) is 9.26. The first-order valence-corrected chi connectivity index (χ1v) is 6.52. The van der Waals surface area contributed by atoms with Gasteiger partial charge in [-0.05, 0) is 44.9 Å². The molecule has 1 unspecified atom stereocenters. The molecule has 0 spiro atoms. The molecule has 2 nitrogen and oxygen atoms in total. The van der Waals surface area contributed by atoms with Gasteiger partial charge in [-0.25, -0.2) is 0 Å². The molecular weight excluding hydrogens is 210 g/mol. The van der Waals surface area contributed by atoms with E-state index in [4.69, 9.17) is 4.74 Å². The van der Waals surface area contributed by atoms with Crippen molar-refractivity contribution >= 4 is 0 Å². The molecule has 1 aromatic carbocycles. The molecule has 0 amide bonds. The molecule has 0 bridgehead atoms. The third kappa shape index (κ3) is 5.33. The quantitative estimate of drug-likeness (QED) is 0.784. The Morgan fingerprint density at radius 2 is 1.71 bits per heavy atom. The van der Waals surface area contributed by atoms with E-state index in [9.17, 15) is 0 Å². The Morgan fingerprint density at radius 3 is 2.18 bits per heavy atom. The summed E-state index contributed by atoms with van der Waals surface area (Å²) in [7, 11) is 1.99. The van der Waals surface area contributed by atoms with Gasteiger partial charge < -0.3 is 10.1 Å². The summed E-state index contributed by atoms with van der Waals surface area (Å²) >= 11 is 0. The molecule has 0 fully saturated rings. The van der Waals surface area contributed by atoms with Gasteiger partial charge in [-0.2, -0.15) is 0 Å². The molecule has 0 saturated heterocycles. The highest BCUT2D eigenvalue weighted by Gasteiger charge is 2.08. The van der Waals surface area contributed by atoms with Gasteiger partial charge in [-0.1, -0.05) is 31.2 Å². The Hall–Kier alpha value is -0.860. The van der Waals surface area contributed by atoms with E-state index in [-0.39, 0.29) is 0 Å². The van der Waals surface area contributed by atoms with Crippen LogP contribution in [-0.2, 0) is 17.6 Å². The monoisotopic (exact) mass is 235 g/mol. The SMILES string of the molecule is CCc1ccc(CC(COC(C)C)NC)cc1. The van der Waals surface area contributed by atoms with Crippen molar-refractivity contribution in [3.05, 3.63) is 35.4 Å². The van der Waals surface area contributed by atoms with Gasteiger partial charge in [-0.3, -0.25) is 0 Å². The van der Waals surface area contributed by atoms with E-state index in [1.54, 1.807) is 0 Å². The fourth-order valence-electron chi connectivity index (χ4n) is 1.75. The molecule has 0 aliphatic heterocycles. The molecule has 0 aliphatic rings. The fraction of sp³-hybridized carbons (Fsp3) is 0.600. The zero-order valence-electron chi connectivity index (χ0n) is 11.5. The Morgan fingerprint density at radius 1 is 1.12 bits per heavy atom. The normalized spacial score (nSPS) is 13.0. The van der Waals surface area contributed by atoms with Crippen LogP contribution in [-0.4, -0.2) is 25.8 Å². The second kappa shape index (κ2) is 7.46. The van der Waals surface area contributed by atoms with Crippen LogP contribution in [0, 0.1) is 0 Å². The Bertz CT molecular complexity index is 305. The lowest BCUT2D eigenvalue weighted by Gasteiger charge is -2.18. The van der Waals surface area contributed by atoms with Crippen LogP contribution in [0.1, 0.15) is 31.9 Å². The maximum absolute atomic E-state index is 5.65. The largest absolute Gasteiger partial charge is 0.377 e. The highest BCUT2D eigenvalue weighted by Crippen LogP contribution is 2.08. The number of hydrogen-bond acceptors (Lipinski definition) is 2. The highest BCUT2D eigenvalue weighted by atomic mass is 16.5. The maximum atomic E-state index is 5.65. The molecule has 0 aromatic heterocycles. The molecule has 0 heterocycles. The van der Waals surface area contributed by atoms with E-state index in [0.717, 1.165) is 19.4 Å². The zero-order chi connectivity index (χ0) is 12.7. The number of ether oxygens (including phenoxy) is 1. The third-order valence-electron chi connectivity index (χ3n) is 2.95. The average Bonchev–Trinajstić information content (AvgIpc) is 2.35. The second-order valence-electron chi connectivity index (χ2n) is 4.74. The maximum Gasteiger partial charge on any atom is 0.0626 e. The van der Waals surface area contributed by atoms with Crippen molar-refractivity contribution in [2.75, 3.05) is 13.7 Å². The van der Waals surface area contributed by atoms with E-state index in [0.29, 0.717) is 12.1 Å². The summed E-state index contributed by atoms with van der Waals surface area (Å²) in [5.41, 5.74) is 2.77. The topological polar surface area (TPSA) is 21.3 Å². The van der Waals surface area contributed by atoms with Crippen molar-refractivity contribution in [3.8, 4) is 0 Å². The number of nitrogens with one attached hydrogen (secondary N) is 1. The van der Waals surface area contributed by atoms with Crippen LogP contribution in [0.25, 0.3) is 0 Å². The van der Waals surface area contributed by atoms with Gasteiger partial charge >= 0.3 is 0 Å². The molecule has 1 rings (SSSR count). The predicted octanol–water partition coefficient (Wildman–Crippen LogP) is 2.80. The smallest absolute Gasteiger partial charge is 0.0626 e. The van der Waals surface area contributed by atoms with Gasteiger partial charge in [-0.15, -0.1) is 0 Å². The van der Waals surface area contributed by atoms with Gasteiger partial charge in [0.25, 0.3) is 0 Å². The minimum Gasteiger partial charge on any atom is -0.377 e. The molecule has 1 atom stereocenters. The number of benzene rings is 1. The molecule has 0 saturated carbocycles. The summed E-state index contributed by atoms with van der Waals surface area (Å²) in [5, 5.41) is 3.31. The molecule has 0 radical (unpaired) electrons. The van der Waals surface area contributed by atoms with Crippen LogP contribution in [0.3, 0.4) is 0 Å². The van der Waals surface area contributed by atoms with Crippen molar-refractivity contribution < 1.29 is 4.74 Å². The van der Waals surface area contributed by atoms with Crippen LogP contribution in [0.15, 0.2) is 24.3 Å². The Kier molecular flexibility index (Phi) is 6.23. The van der Waals surface area contributed by atoms with Crippen LogP contribution >= 0.6 is 0 Å². The molecule has 1 N–H and O–H groups in total. The standard InChI is InChI=1S/C15H25NO/c1-5-13-6-8-14(9-7-13)10-15(16-4)11-17-12(2)3/h6-9,12,15-16H,5,10-11H2,1-4H3. The molecule has 96 valence electrons. The second-order valence-corrected chi connectivity index (χ2v) is 4.74. The van der Waals surface area contributed by atoms with Crippen molar-refractivity contribution in [1.29, 1.82) is 0 Å². The van der Waals surface area contributed by atoms with Crippen LogP contribution in [0.2, 0.25) is 0 Å². The lowest BCUT2D eigenvalue weighted by molar-refractivity contribution is 0.0628. The highest BCUT2D eigenvalue weighted by molar-refractivity contribution is 5.23. The van der Waals surface area contributed by atoms with Gasteiger partial charge in [0, 0.05) is 6.04 Å². The Labute approximate surface area is 105 Å². The van der Waals surface area contributed by atoms with Gasteiger partial charge in [0.05, 0.1) is 12.7 Å². The number of rotatable bonds is 7. The van der Waals surface area contributed by atoms with Crippen molar-refractivity contribution in [2.24, 2.45) is 0 Å². The molecule has 17 heavy (non-hydrogen) atoms. The number of hydrogen-bond donors (Lipinski definition) is 1. The third-order valence-corrected chi connectivity index (χ3v) is 2.95. The first-order chi connectivity index (χ1) is 8.15. The van der Waals surface area contributed by atoms with Crippen molar-refractivity contribution in [3.63, 3.8) is 0 Å².